The number of rotatable bonds is 4. The lowest BCUT2D eigenvalue weighted by molar-refractivity contribution is -0.109. The quantitative estimate of drug-likeness (QED) is 0.507. The van der Waals surface area contributed by atoms with Gasteiger partial charge in [-0.1, -0.05) is 0 Å². The maximum Gasteiger partial charge on any atom is 0.207 e. The van der Waals surface area contributed by atoms with Crippen LogP contribution in [0.4, 0.5) is 0 Å². The number of thiazole rings is 1. The van der Waals surface area contributed by atoms with Gasteiger partial charge in [0.2, 0.25) is 6.41 Å². The number of hydrogen-bond acceptors (Lipinski definition) is 3. The third-order valence-electron chi connectivity index (χ3n) is 1.08. The number of nitrogens with one attached hydrogen (secondary N) is 1. The summed E-state index contributed by atoms with van der Waals surface area (Å²) in [5.41, 5.74) is 1.79. The number of amides is 1. The molecule has 1 N–H and O–H groups in total. The fourth-order valence-corrected chi connectivity index (χ4v) is 1.22. The van der Waals surface area contributed by atoms with Crippen molar-refractivity contribution in [3.63, 3.8) is 0 Å². The average Bonchev–Trinajstić information content (AvgIpc) is 2.41. The van der Waals surface area contributed by atoms with E-state index in [1.54, 1.807) is 16.8 Å². The van der Waals surface area contributed by atoms with Crippen LogP contribution in [0, 0.1) is 0 Å². The molecule has 1 heterocycles. The first-order valence-electron chi connectivity index (χ1n) is 2.98. The molecule has 1 aromatic rings. The maximum atomic E-state index is 9.81. The highest BCUT2D eigenvalue weighted by molar-refractivity contribution is 7.09. The molecule has 0 unspecified atom stereocenters. The molecule has 0 bridgehead atoms. The molecule has 4 heteroatoms. The predicted molar refractivity (Wildman–Crippen MR) is 39.9 cm³/mol. The van der Waals surface area contributed by atoms with Crippen LogP contribution in [0.3, 0.4) is 0 Å². The van der Waals surface area contributed by atoms with Crippen LogP contribution in [0.15, 0.2) is 11.7 Å². The van der Waals surface area contributed by atoms with E-state index in [4.69, 9.17) is 0 Å². The second-order valence-corrected chi connectivity index (χ2v) is 2.76. The molecule has 1 amide bonds. The Labute approximate surface area is 63.1 Å². The van der Waals surface area contributed by atoms with Gasteiger partial charge < -0.3 is 5.32 Å². The smallest absolute Gasteiger partial charge is 0.207 e. The Balaban J connectivity index is 2.21. The maximum absolute atomic E-state index is 9.81. The SMILES string of the molecule is O=CNCCc1cncs1. The highest BCUT2D eigenvalue weighted by Gasteiger charge is 1.91. The molecule has 0 saturated carbocycles. The van der Waals surface area contributed by atoms with Crippen molar-refractivity contribution in [1.29, 1.82) is 0 Å². The van der Waals surface area contributed by atoms with Gasteiger partial charge in [0, 0.05) is 24.0 Å². The van der Waals surface area contributed by atoms with E-state index in [2.05, 4.69) is 10.3 Å². The average molecular weight is 156 g/mol. The largest absolute Gasteiger partial charge is 0.358 e. The topological polar surface area (TPSA) is 42.0 Å². The van der Waals surface area contributed by atoms with Crippen LogP contribution in [0.25, 0.3) is 0 Å². The molecule has 0 fully saturated rings. The molecule has 0 saturated heterocycles. The van der Waals surface area contributed by atoms with Crippen molar-refractivity contribution >= 4 is 17.7 Å². The monoisotopic (exact) mass is 156 g/mol. The Bertz CT molecular complexity index is 186. The van der Waals surface area contributed by atoms with Crippen LogP contribution in [0.2, 0.25) is 0 Å². The van der Waals surface area contributed by atoms with Crippen molar-refractivity contribution in [3.05, 3.63) is 16.6 Å². The summed E-state index contributed by atoms with van der Waals surface area (Å²) < 4.78 is 0. The van der Waals surface area contributed by atoms with Crippen molar-refractivity contribution < 1.29 is 4.79 Å². The van der Waals surface area contributed by atoms with Crippen LogP contribution in [0.5, 0.6) is 0 Å². The van der Waals surface area contributed by atoms with Gasteiger partial charge in [-0.2, -0.15) is 0 Å². The minimum absolute atomic E-state index is 0.700. The fraction of sp³-hybridized carbons (Fsp3) is 0.333. The minimum Gasteiger partial charge on any atom is -0.358 e. The second-order valence-electron chi connectivity index (χ2n) is 1.79. The van der Waals surface area contributed by atoms with Gasteiger partial charge in [-0.3, -0.25) is 9.78 Å². The summed E-state index contributed by atoms with van der Waals surface area (Å²) in [6, 6.07) is 0. The van der Waals surface area contributed by atoms with E-state index in [0.717, 1.165) is 6.42 Å². The predicted octanol–water partition coefficient (Wildman–Crippen LogP) is 0.432. The van der Waals surface area contributed by atoms with Crippen LogP contribution >= 0.6 is 11.3 Å². The Morgan fingerprint density at radius 1 is 1.80 bits per heavy atom. The van der Waals surface area contributed by atoms with E-state index in [0.29, 0.717) is 13.0 Å². The first kappa shape index (κ1) is 7.21. The molecule has 0 atom stereocenters. The van der Waals surface area contributed by atoms with Crippen molar-refractivity contribution in [2.45, 2.75) is 6.42 Å². The van der Waals surface area contributed by atoms with Crippen molar-refractivity contribution in [3.8, 4) is 0 Å². The van der Waals surface area contributed by atoms with Gasteiger partial charge >= 0.3 is 0 Å². The van der Waals surface area contributed by atoms with Gasteiger partial charge in [0.15, 0.2) is 0 Å². The zero-order valence-electron chi connectivity index (χ0n) is 5.41. The summed E-state index contributed by atoms with van der Waals surface area (Å²) >= 11 is 1.61. The van der Waals surface area contributed by atoms with Crippen molar-refractivity contribution in [1.82, 2.24) is 10.3 Å². The zero-order valence-corrected chi connectivity index (χ0v) is 6.23. The third kappa shape index (κ3) is 2.14. The van der Waals surface area contributed by atoms with Crippen LogP contribution in [-0.4, -0.2) is 17.9 Å². The lowest BCUT2D eigenvalue weighted by Gasteiger charge is -1.92. The van der Waals surface area contributed by atoms with E-state index in [1.807, 2.05) is 6.20 Å². The molecule has 1 aromatic heterocycles. The second kappa shape index (κ2) is 4.00. The molecule has 54 valence electrons. The minimum atomic E-state index is 0.700. The van der Waals surface area contributed by atoms with Crippen LogP contribution in [0.1, 0.15) is 4.88 Å². The Kier molecular flexibility index (Phi) is 2.89. The lowest BCUT2D eigenvalue weighted by Crippen LogP contribution is -2.13. The molecule has 10 heavy (non-hydrogen) atoms. The molecule has 0 aliphatic rings. The Hall–Kier alpha value is -0.900. The molecule has 0 radical (unpaired) electrons. The first-order valence-corrected chi connectivity index (χ1v) is 3.86. The number of hydrogen-bond donors (Lipinski definition) is 1. The summed E-state index contributed by atoms with van der Waals surface area (Å²) in [6.07, 6.45) is 3.40. The van der Waals surface area contributed by atoms with E-state index in [1.165, 1.54) is 4.88 Å². The van der Waals surface area contributed by atoms with E-state index < -0.39 is 0 Å². The van der Waals surface area contributed by atoms with Crippen LogP contribution < -0.4 is 5.32 Å². The third-order valence-corrected chi connectivity index (χ3v) is 1.92. The summed E-state index contributed by atoms with van der Waals surface area (Å²) in [6.45, 7) is 0.700. The number of carbonyl (C=O) groups excluding carboxylic acids is 1. The summed E-state index contributed by atoms with van der Waals surface area (Å²) in [7, 11) is 0. The molecule has 0 aliphatic heterocycles. The van der Waals surface area contributed by atoms with Gasteiger partial charge in [-0.25, -0.2) is 0 Å². The number of aromatic nitrogens is 1. The summed E-state index contributed by atoms with van der Waals surface area (Å²) in [5, 5.41) is 2.58. The first-order chi connectivity index (χ1) is 4.93. The van der Waals surface area contributed by atoms with Crippen LogP contribution in [-0.2, 0) is 11.2 Å². The molecular weight excluding hydrogens is 148 g/mol. The van der Waals surface area contributed by atoms with Gasteiger partial charge in [-0.05, 0) is 0 Å². The fourth-order valence-electron chi connectivity index (χ4n) is 0.620. The van der Waals surface area contributed by atoms with Gasteiger partial charge in [0.05, 0.1) is 5.51 Å². The lowest BCUT2D eigenvalue weighted by atomic mass is 10.4. The normalized spacial score (nSPS) is 9.20. The number of nitrogens with zero attached hydrogens (tertiary/aromatic N) is 1. The number of carbonyl (C=O) groups is 1. The zero-order chi connectivity index (χ0) is 7.23. The molecule has 0 spiro atoms. The molecular formula is C6H8N2OS. The summed E-state index contributed by atoms with van der Waals surface area (Å²) in [4.78, 5) is 14.9. The molecule has 1 rings (SSSR count). The van der Waals surface area contributed by atoms with Gasteiger partial charge in [-0.15, -0.1) is 11.3 Å². The van der Waals surface area contributed by atoms with Crippen molar-refractivity contribution in [2.24, 2.45) is 0 Å². The Morgan fingerprint density at radius 3 is 3.30 bits per heavy atom. The summed E-state index contributed by atoms with van der Waals surface area (Å²) in [5.74, 6) is 0. The van der Waals surface area contributed by atoms with E-state index in [-0.39, 0.29) is 0 Å². The highest BCUT2D eigenvalue weighted by Crippen LogP contribution is 2.04. The molecule has 0 aromatic carbocycles. The standard InChI is InChI=1S/C6H8N2OS/c9-4-7-2-1-6-3-8-5-10-6/h3-5H,1-2H2,(H,7,9). The van der Waals surface area contributed by atoms with Gasteiger partial charge in [0.25, 0.3) is 0 Å². The van der Waals surface area contributed by atoms with Crippen molar-refractivity contribution in [2.75, 3.05) is 6.54 Å². The molecule has 0 aliphatic carbocycles. The Morgan fingerprint density at radius 2 is 2.70 bits per heavy atom. The van der Waals surface area contributed by atoms with E-state index in [9.17, 15) is 4.79 Å². The molecule has 3 nitrogen and oxygen atoms in total. The van der Waals surface area contributed by atoms with E-state index >= 15 is 0 Å². The van der Waals surface area contributed by atoms with Gasteiger partial charge in [0.1, 0.15) is 0 Å². The highest BCUT2D eigenvalue weighted by atomic mass is 32.1.